The molecule has 1 fully saturated rings. The van der Waals surface area contributed by atoms with Crippen molar-refractivity contribution < 1.29 is 9.59 Å². The summed E-state index contributed by atoms with van der Waals surface area (Å²) in [6.07, 6.45) is 0.333. The lowest BCUT2D eigenvalue weighted by atomic mass is 10.1. The van der Waals surface area contributed by atoms with Gasteiger partial charge in [0.05, 0.1) is 12.2 Å². The Bertz CT molecular complexity index is 1220. The third-order valence-electron chi connectivity index (χ3n) is 6.62. The molecule has 7 nitrogen and oxygen atoms in total. The quantitative estimate of drug-likeness (QED) is 0.570. The molecule has 0 radical (unpaired) electrons. The fourth-order valence-corrected chi connectivity index (χ4v) is 4.92. The largest absolute Gasteiger partial charge is 0.365 e. The fraction of sp³-hybridized carbons (Fsp3) is 0.346. The van der Waals surface area contributed by atoms with Crippen LogP contribution in [0.1, 0.15) is 18.9 Å². The van der Waals surface area contributed by atoms with Crippen molar-refractivity contribution in [2.75, 3.05) is 36.0 Å². The molecule has 1 aromatic heterocycles. The molecule has 1 atom stereocenters. The van der Waals surface area contributed by atoms with Gasteiger partial charge in [-0.1, -0.05) is 35.9 Å². The summed E-state index contributed by atoms with van der Waals surface area (Å²) in [6.45, 7) is 6.80. The molecule has 0 unspecified atom stereocenters. The maximum atomic E-state index is 13.2. The van der Waals surface area contributed by atoms with Gasteiger partial charge in [-0.05, 0) is 43.7 Å². The summed E-state index contributed by atoms with van der Waals surface area (Å²) >= 11 is 6.01. The van der Waals surface area contributed by atoms with Crippen LogP contribution in [-0.4, -0.2) is 58.7 Å². The molecule has 3 aromatic rings. The normalized spacial score (nSPS) is 18.3. The standard InChI is InChI=1S/C26H28ClN5O2/c1-18-4-3-5-22(14-18)30-13-12-29(16-19(30)2)26(34)17-31-24-15-23(20-6-8-21(27)9-7-20)28-32(24)11-10-25(31)33/h3-9,14-15,19H,10-13,16-17H2,1-2H3/t19-/m1/s1. The minimum atomic E-state index is -0.0464. The van der Waals surface area contributed by atoms with Gasteiger partial charge in [-0.25, -0.2) is 4.68 Å². The van der Waals surface area contributed by atoms with E-state index >= 15 is 0 Å². The van der Waals surface area contributed by atoms with Crippen LogP contribution in [0.15, 0.2) is 54.6 Å². The Morgan fingerprint density at radius 2 is 1.88 bits per heavy atom. The number of amides is 2. The van der Waals surface area contributed by atoms with Crippen LogP contribution >= 0.6 is 11.6 Å². The molecule has 2 aliphatic rings. The number of hydrogen-bond donors (Lipinski definition) is 0. The second-order valence-corrected chi connectivity index (χ2v) is 9.51. The van der Waals surface area contributed by atoms with Gasteiger partial charge in [0.1, 0.15) is 12.4 Å². The summed E-state index contributed by atoms with van der Waals surface area (Å²) in [5, 5.41) is 5.33. The van der Waals surface area contributed by atoms with Crippen molar-refractivity contribution >= 4 is 34.9 Å². The predicted octanol–water partition coefficient (Wildman–Crippen LogP) is 3.99. The molecule has 5 rings (SSSR count). The maximum Gasteiger partial charge on any atom is 0.242 e. The highest BCUT2D eigenvalue weighted by Crippen LogP contribution is 2.29. The minimum Gasteiger partial charge on any atom is -0.365 e. The predicted molar refractivity (Wildman–Crippen MR) is 134 cm³/mol. The lowest BCUT2D eigenvalue weighted by Crippen LogP contribution is -2.56. The van der Waals surface area contributed by atoms with Crippen molar-refractivity contribution in [3.8, 4) is 11.3 Å². The number of carbonyl (C=O) groups is 2. The molecule has 0 saturated carbocycles. The number of nitrogens with zero attached hydrogens (tertiary/aromatic N) is 5. The van der Waals surface area contributed by atoms with Crippen molar-refractivity contribution in [3.05, 3.63) is 65.2 Å². The zero-order chi connectivity index (χ0) is 23.8. The van der Waals surface area contributed by atoms with E-state index in [0.29, 0.717) is 36.9 Å². The van der Waals surface area contributed by atoms with Crippen LogP contribution < -0.4 is 9.80 Å². The molecule has 0 aliphatic carbocycles. The topological polar surface area (TPSA) is 61.7 Å². The van der Waals surface area contributed by atoms with E-state index in [1.807, 2.05) is 39.9 Å². The maximum absolute atomic E-state index is 13.2. The van der Waals surface area contributed by atoms with Crippen LogP contribution in [0, 0.1) is 6.92 Å². The van der Waals surface area contributed by atoms with Crippen LogP contribution in [0.4, 0.5) is 11.5 Å². The molecule has 0 bridgehead atoms. The Hall–Kier alpha value is -3.32. The van der Waals surface area contributed by atoms with E-state index in [-0.39, 0.29) is 24.4 Å². The summed E-state index contributed by atoms with van der Waals surface area (Å²) < 4.78 is 1.82. The van der Waals surface area contributed by atoms with E-state index in [0.717, 1.165) is 17.8 Å². The molecule has 0 N–H and O–H groups in total. The van der Waals surface area contributed by atoms with E-state index in [1.54, 1.807) is 4.90 Å². The number of rotatable bonds is 4. The first-order valence-electron chi connectivity index (χ1n) is 11.6. The molecular formula is C26H28ClN5O2. The number of carbonyl (C=O) groups excluding carboxylic acids is 2. The van der Waals surface area contributed by atoms with Gasteiger partial charge >= 0.3 is 0 Å². The highest BCUT2D eigenvalue weighted by atomic mass is 35.5. The Morgan fingerprint density at radius 1 is 1.09 bits per heavy atom. The van der Waals surface area contributed by atoms with Crippen LogP contribution in [-0.2, 0) is 16.1 Å². The fourth-order valence-electron chi connectivity index (χ4n) is 4.79. The van der Waals surface area contributed by atoms with Crippen molar-refractivity contribution in [2.45, 2.75) is 32.9 Å². The van der Waals surface area contributed by atoms with Crippen LogP contribution in [0.2, 0.25) is 5.02 Å². The molecule has 176 valence electrons. The van der Waals surface area contributed by atoms with Gasteiger partial charge in [0, 0.05) is 54.4 Å². The summed E-state index contributed by atoms with van der Waals surface area (Å²) in [5.74, 6) is 0.586. The van der Waals surface area contributed by atoms with Gasteiger partial charge in [0.15, 0.2) is 0 Å². The molecule has 3 heterocycles. The highest BCUT2D eigenvalue weighted by Gasteiger charge is 2.32. The Labute approximate surface area is 204 Å². The molecule has 2 amide bonds. The minimum absolute atomic E-state index is 0.0295. The van der Waals surface area contributed by atoms with E-state index in [2.05, 4.69) is 48.1 Å². The van der Waals surface area contributed by atoms with Crippen LogP contribution in [0.3, 0.4) is 0 Å². The first kappa shape index (κ1) is 22.5. The summed E-state index contributed by atoms with van der Waals surface area (Å²) in [6, 6.07) is 18.0. The Morgan fingerprint density at radius 3 is 2.62 bits per heavy atom. The van der Waals surface area contributed by atoms with Crippen LogP contribution in [0.5, 0.6) is 0 Å². The van der Waals surface area contributed by atoms with Gasteiger partial charge in [0.2, 0.25) is 11.8 Å². The first-order chi connectivity index (χ1) is 16.4. The van der Waals surface area contributed by atoms with Gasteiger partial charge in [-0.2, -0.15) is 5.10 Å². The monoisotopic (exact) mass is 477 g/mol. The van der Waals surface area contributed by atoms with E-state index in [4.69, 9.17) is 11.6 Å². The summed E-state index contributed by atoms with van der Waals surface area (Å²) in [7, 11) is 0. The number of hydrogen-bond acceptors (Lipinski definition) is 4. The van der Waals surface area contributed by atoms with Gasteiger partial charge < -0.3 is 9.80 Å². The van der Waals surface area contributed by atoms with Crippen molar-refractivity contribution in [2.24, 2.45) is 0 Å². The van der Waals surface area contributed by atoms with Crippen molar-refractivity contribution in [1.29, 1.82) is 0 Å². The zero-order valence-electron chi connectivity index (χ0n) is 19.4. The second kappa shape index (κ2) is 9.14. The van der Waals surface area contributed by atoms with Crippen molar-refractivity contribution in [1.82, 2.24) is 14.7 Å². The summed E-state index contributed by atoms with van der Waals surface area (Å²) in [4.78, 5) is 31.8. The highest BCUT2D eigenvalue weighted by molar-refractivity contribution is 6.30. The smallest absolute Gasteiger partial charge is 0.242 e. The molecule has 2 aliphatic heterocycles. The van der Waals surface area contributed by atoms with E-state index in [9.17, 15) is 9.59 Å². The third kappa shape index (κ3) is 4.40. The lowest BCUT2D eigenvalue weighted by molar-refractivity contribution is -0.132. The molecule has 34 heavy (non-hydrogen) atoms. The first-order valence-corrected chi connectivity index (χ1v) is 12.0. The molecule has 0 spiro atoms. The second-order valence-electron chi connectivity index (χ2n) is 9.07. The molecule has 8 heteroatoms. The van der Waals surface area contributed by atoms with Gasteiger partial charge in [-0.15, -0.1) is 0 Å². The van der Waals surface area contributed by atoms with Crippen molar-refractivity contribution in [3.63, 3.8) is 0 Å². The Balaban J connectivity index is 1.30. The summed E-state index contributed by atoms with van der Waals surface area (Å²) in [5.41, 5.74) is 4.09. The lowest BCUT2D eigenvalue weighted by Gasteiger charge is -2.42. The number of aromatic nitrogens is 2. The molecule has 1 saturated heterocycles. The number of halogens is 1. The third-order valence-corrected chi connectivity index (χ3v) is 6.87. The van der Waals surface area contributed by atoms with Gasteiger partial charge in [0.25, 0.3) is 0 Å². The number of fused-ring (bicyclic) bond motifs is 1. The number of benzene rings is 2. The average Bonchev–Trinajstić information content (AvgIpc) is 3.26. The van der Waals surface area contributed by atoms with E-state index < -0.39 is 0 Å². The molecular weight excluding hydrogens is 450 g/mol. The number of piperazine rings is 1. The zero-order valence-corrected chi connectivity index (χ0v) is 20.2. The van der Waals surface area contributed by atoms with E-state index in [1.165, 1.54) is 11.3 Å². The number of anilines is 2. The molecule has 2 aromatic carbocycles. The SMILES string of the molecule is Cc1cccc(N2CCN(C(=O)CN3C(=O)CCn4nc(-c5ccc(Cl)cc5)cc43)C[C@H]2C)c1. The Kier molecular flexibility index (Phi) is 6.04. The average molecular weight is 478 g/mol. The van der Waals surface area contributed by atoms with Crippen LogP contribution in [0.25, 0.3) is 11.3 Å². The number of aryl methyl sites for hydroxylation is 2. The van der Waals surface area contributed by atoms with Gasteiger partial charge in [-0.3, -0.25) is 14.5 Å².